The second-order valence-electron chi connectivity index (χ2n) is 6.15. The minimum absolute atomic E-state index is 0.126. The largest absolute Gasteiger partial charge is 0.334 e. The number of nitrogens with one attached hydrogen (secondary N) is 2. The molecule has 2 N–H and O–H groups in total. The summed E-state index contributed by atoms with van der Waals surface area (Å²) in [5.74, 6) is 0.532. The Morgan fingerprint density at radius 1 is 1.33 bits per heavy atom. The van der Waals surface area contributed by atoms with Gasteiger partial charge in [-0.2, -0.15) is 0 Å². The van der Waals surface area contributed by atoms with Crippen LogP contribution in [0.1, 0.15) is 25.8 Å². The van der Waals surface area contributed by atoms with Crippen LogP contribution in [0.4, 0.5) is 10.5 Å². The molecular formula is C16H26ClN3O. The number of likely N-dealkylation sites (N-methyl/N-ethyl adjacent to an activating group) is 1. The Kier molecular flexibility index (Phi) is 6.99. The second-order valence-corrected chi connectivity index (χ2v) is 6.56. The molecule has 1 aromatic carbocycles. The molecule has 5 heteroatoms. The van der Waals surface area contributed by atoms with E-state index in [9.17, 15) is 4.79 Å². The van der Waals surface area contributed by atoms with Crippen LogP contribution in [0.2, 0.25) is 5.02 Å². The summed E-state index contributed by atoms with van der Waals surface area (Å²) < 4.78 is 0. The van der Waals surface area contributed by atoms with Gasteiger partial charge in [0.2, 0.25) is 0 Å². The summed E-state index contributed by atoms with van der Waals surface area (Å²) in [5, 5.41) is 6.51. The van der Waals surface area contributed by atoms with Crippen LogP contribution < -0.4 is 10.6 Å². The molecule has 1 aromatic rings. The number of aryl methyl sites for hydroxylation is 1. The molecule has 2 amide bonds. The number of hydrogen-bond acceptors (Lipinski definition) is 2. The van der Waals surface area contributed by atoms with Crippen molar-refractivity contribution in [2.75, 3.05) is 26.0 Å². The molecule has 118 valence electrons. The van der Waals surface area contributed by atoms with Crippen LogP contribution in [0.15, 0.2) is 18.2 Å². The Balaban J connectivity index is 2.61. The highest BCUT2D eigenvalue weighted by atomic mass is 35.5. The third-order valence-corrected chi connectivity index (χ3v) is 3.51. The number of anilines is 1. The predicted molar refractivity (Wildman–Crippen MR) is 90.1 cm³/mol. The average Bonchev–Trinajstić information content (AvgIpc) is 2.31. The van der Waals surface area contributed by atoms with Crippen molar-refractivity contribution in [1.29, 1.82) is 0 Å². The number of nitrogens with zero attached hydrogens (tertiary/aromatic N) is 1. The summed E-state index contributed by atoms with van der Waals surface area (Å²) in [6.07, 6.45) is 0.945. The zero-order valence-corrected chi connectivity index (χ0v) is 14.3. The van der Waals surface area contributed by atoms with Crippen LogP contribution >= 0.6 is 11.6 Å². The van der Waals surface area contributed by atoms with Gasteiger partial charge in [0, 0.05) is 23.3 Å². The molecule has 0 fully saturated rings. The quantitative estimate of drug-likeness (QED) is 0.840. The number of halogens is 1. The molecule has 0 aromatic heterocycles. The molecule has 0 heterocycles. The Bertz CT molecular complexity index is 465. The maximum atomic E-state index is 12.1. The van der Waals surface area contributed by atoms with E-state index in [1.807, 2.05) is 33.2 Å². The Morgan fingerprint density at radius 3 is 2.52 bits per heavy atom. The molecule has 0 aliphatic rings. The minimum atomic E-state index is -0.192. The first kappa shape index (κ1) is 17.8. The predicted octanol–water partition coefficient (Wildman–Crippen LogP) is 3.75. The lowest BCUT2D eigenvalue weighted by molar-refractivity contribution is 0.240. The summed E-state index contributed by atoms with van der Waals surface area (Å²) in [7, 11) is 4.01. The molecule has 1 unspecified atom stereocenters. The molecule has 0 radical (unpaired) electrons. The fourth-order valence-corrected chi connectivity index (χ4v) is 2.39. The lowest BCUT2D eigenvalue weighted by atomic mass is 10.0. The van der Waals surface area contributed by atoms with Crippen LogP contribution in [-0.2, 0) is 0 Å². The molecule has 0 saturated heterocycles. The first-order valence-corrected chi connectivity index (χ1v) is 7.64. The van der Waals surface area contributed by atoms with Crippen molar-refractivity contribution in [1.82, 2.24) is 10.2 Å². The van der Waals surface area contributed by atoms with Crippen LogP contribution in [0.3, 0.4) is 0 Å². The molecule has 21 heavy (non-hydrogen) atoms. The number of rotatable bonds is 6. The van der Waals surface area contributed by atoms with E-state index in [1.54, 1.807) is 6.07 Å². The highest BCUT2D eigenvalue weighted by molar-refractivity contribution is 6.31. The number of carbonyl (C=O) groups excluding carboxylic acids is 1. The lowest BCUT2D eigenvalue weighted by Crippen LogP contribution is -2.44. The zero-order chi connectivity index (χ0) is 16.0. The van der Waals surface area contributed by atoms with Crippen molar-refractivity contribution in [2.45, 2.75) is 33.2 Å². The van der Waals surface area contributed by atoms with Crippen molar-refractivity contribution in [3.8, 4) is 0 Å². The van der Waals surface area contributed by atoms with Gasteiger partial charge in [-0.25, -0.2) is 4.79 Å². The minimum Gasteiger partial charge on any atom is -0.334 e. The van der Waals surface area contributed by atoms with Crippen LogP contribution in [0, 0.1) is 12.8 Å². The molecule has 0 bridgehead atoms. The van der Waals surface area contributed by atoms with Gasteiger partial charge in [-0.1, -0.05) is 31.5 Å². The highest BCUT2D eigenvalue weighted by Gasteiger charge is 2.15. The molecule has 0 aliphatic carbocycles. The van der Waals surface area contributed by atoms with Crippen molar-refractivity contribution in [3.05, 3.63) is 28.8 Å². The average molecular weight is 312 g/mol. The molecular weight excluding hydrogens is 286 g/mol. The summed E-state index contributed by atoms with van der Waals surface area (Å²) in [4.78, 5) is 14.2. The summed E-state index contributed by atoms with van der Waals surface area (Å²) in [5.41, 5.74) is 1.70. The molecule has 0 spiro atoms. The van der Waals surface area contributed by atoms with Crippen molar-refractivity contribution in [3.63, 3.8) is 0 Å². The number of hydrogen-bond donors (Lipinski definition) is 2. The number of carbonyl (C=O) groups is 1. The van der Waals surface area contributed by atoms with Gasteiger partial charge in [-0.3, -0.25) is 0 Å². The molecule has 4 nitrogen and oxygen atoms in total. The van der Waals surface area contributed by atoms with E-state index in [1.165, 1.54) is 0 Å². The normalized spacial score (nSPS) is 12.6. The fraction of sp³-hybridized carbons (Fsp3) is 0.562. The number of benzene rings is 1. The molecule has 1 rings (SSSR count). The fourth-order valence-electron chi connectivity index (χ4n) is 2.21. The standard InChI is InChI=1S/C16H26ClN3O/c1-11(2)8-14(10-20(4)5)19-16(21)18-13-7-6-12(3)15(17)9-13/h6-7,9,11,14H,8,10H2,1-5H3,(H2,18,19,21). The number of amides is 2. The van der Waals surface area contributed by atoms with Crippen LogP contribution in [0.25, 0.3) is 0 Å². The van der Waals surface area contributed by atoms with E-state index >= 15 is 0 Å². The van der Waals surface area contributed by atoms with Gasteiger partial charge in [-0.05, 0) is 51.1 Å². The van der Waals surface area contributed by atoms with Gasteiger partial charge in [-0.15, -0.1) is 0 Å². The smallest absolute Gasteiger partial charge is 0.319 e. The Hall–Kier alpha value is -1.26. The van der Waals surface area contributed by atoms with Crippen molar-refractivity contribution >= 4 is 23.3 Å². The van der Waals surface area contributed by atoms with E-state index in [2.05, 4.69) is 29.4 Å². The zero-order valence-electron chi connectivity index (χ0n) is 13.5. The first-order valence-electron chi connectivity index (χ1n) is 7.26. The lowest BCUT2D eigenvalue weighted by Gasteiger charge is -2.24. The Labute approximate surface area is 132 Å². The maximum Gasteiger partial charge on any atom is 0.319 e. The summed E-state index contributed by atoms with van der Waals surface area (Å²) in [6, 6.07) is 5.44. The van der Waals surface area contributed by atoms with E-state index < -0.39 is 0 Å². The maximum absolute atomic E-state index is 12.1. The third kappa shape index (κ3) is 6.82. The molecule has 0 aliphatic heterocycles. The van der Waals surface area contributed by atoms with Gasteiger partial charge in [0.15, 0.2) is 0 Å². The van der Waals surface area contributed by atoms with Gasteiger partial charge in [0.05, 0.1) is 0 Å². The van der Waals surface area contributed by atoms with Crippen molar-refractivity contribution in [2.24, 2.45) is 5.92 Å². The van der Waals surface area contributed by atoms with Gasteiger partial charge < -0.3 is 15.5 Å². The number of urea groups is 1. The summed E-state index contributed by atoms with van der Waals surface area (Å²) >= 11 is 6.06. The van der Waals surface area contributed by atoms with Crippen LogP contribution in [0.5, 0.6) is 0 Å². The topological polar surface area (TPSA) is 44.4 Å². The Morgan fingerprint density at radius 2 is 2.00 bits per heavy atom. The highest BCUT2D eigenvalue weighted by Crippen LogP contribution is 2.19. The third-order valence-electron chi connectivity index (χ3n) is 3.11. The van der Waals surface area contributed by atoms with E-state index in [0.29, 0.717) is 16.6 Å². The molecule has 0 saturated carbocycles. The van der Waals surface area contributed by atoms with E-state index in [4.69, 9.17) is 11.6 Å². The van der Waals surface area contributed by atoms with E-state index in [0.717, 1.165) is 18.5 Å². The van der Waals surface area contributed by atoms with Crippen LogP contribution in [-0.4, -0.2) is 37.6 Å². The SMILES string of the molecule is Cc1ccc(NC(=O)NC(CC(C)C)CN(C)C)cc1Cl. The van der Waals surface area contributed by atoms with Gasteiger partial charge in [0.1, 0.15) is 0 Å². The summed E-state index contributed by atoms with van der Waals surface area (Å²) in [6.45, 7) is 7.06. The second kappa shape index (κ2) is 8.25. The molecule has 1 atom stereocenters. The van der Waals surface area contributed by atoms with Gasteiger partial charge in [0.25, 0.3) is 0 Å². The van der Waals surface area contributed by atoms with Crippen molar-refractivity contribution < 1.29 is 4.79 Å². The first-order chi connectivity index (χ1) is 9.77. The van der Waals surface area contributed by atoms with E-state index in [-0.39, 0.29) is 12.1 Å². The monoisotopic (exact) mass is 311 g/mol. The van der Waals surface area contributed by atoms with Gasteiger partial charge >= 0.3 is 6.03 Å².